The average molecular weight is 218 g/mol. The number of benzene rings is 1. The highest BCUT2D eigenvalue weighted by molar-refractivity contribution is 5.86. The van der Waals surface area contributed by atoms with Gasteiger partial charge in [0.1, 0.15) is 0 Å². The summed E-state index contributed by atoms with van der Waals surface area (Å²) in [5, 5.41) is 11.7. The van der Waals surface area contributed by atoms with Gasteiger partial charge in [0.05, 0.1) is 4.92 Å². The van der Waals surface area contributed by atoms with Gasteiger partial charge >= 0.3 is 0 Å². The van der Waals surface area contributed by atoms with Crippen LogP contribution in [0.15, 0.2) is 18.2 Å². The van der Waals surface area contributed by atoms with Crippen molar-refractivity contribution in [2.24, 2.45) is 0 Å². The molecule has 0 aliphatic rings. The molecule has 0 radical (unpaired) electrons. The summed E-state index contributed by atoms with van der Waals surface area (Å²) in [4.78, 5) is 13.7. The highest BCUT2D eigenvalue weighted by atomic mass is 16.6. The van der Waals surface area contributed by atoms with E-state index in [4.69, 9.17) is 0 Å². The number of hydrogen-bond acceptors (Lipinski definition) is 2. The molecule has 2 aromatic rings. The first-order chi connectivity index (χ1) is 7.49. The van der Waals surface area contributed by atoms with Crippen LogP contribution in [0.4, 0.5) is 5.69 Å². The highest BCUT2D eigenvalue weighted by Crippen LogP contribution is 2.30. The van der Waals surface area contributed by atoms with Gasteiger partial charge in [0.15, 0.2) is 0 Å². The van der Waals surface area contributed by atoms with E-state index in [0.717, 1.165) is 22.2 Å². The summed E-state index contributed by atoms with van der Waals surface area (Å²) in [6.45, 7) is 6.03. The molecule has 0 spiro atoms. The lowest BCUT2D eigenvalue weighted by molar-refractivity contribution is -0.384. The second-order valence-electron chi connectivity index (χ2n) is 4.36. The van der Waals surface area contributed by atoms with Gasteiger partial charge in [0.25, 0.3) is 5.69 Å². The summed E-state index contributed by atoms with van der Waals surface area (Å²) in [5.74, 6) is 0.264. The molecular formula is C12H14N2O2. The number of fused-ring (bicyclic) bond motifs is 1. The van der Waals surface area contributed by atoms with Gasteiger partial charge in [-0.2, -0.15) is 0 Å². The third-order valence-electron chi connectivity index (χ3n) is 2.71. The number of nitro benzene ring substituents is 1. The number of nitro groups is 1. The molecule has 0 saturated heterocycles. The van der Waals surface area contributed by atoms with Crippen LogP contribution in [0.5, 0.6) is 0 Å². The quantitative estimate of drug-likeness (QED) is 0.619. The first-order valence-corrected chi connectivity index (χ1v) is 5.26. The summed E-state index contributed by atoms with van der Waals surface area (Å²) >= 11 is 0. The Kier molecular flexibility index (Phi) is 2.42. The van der Waals surface area contributed by atoms with Crippen molar-refractivity contribution in [1.82, 2.24) is 4.98 Å². The van der Waals surface area contributed by atoms with Crippen molar-refractivity contribution in [3.63, 3.8) is 0 Å². The van der Waals surface area contributed by atoms with E-state index in [1.165, 1.54) is 0 Å². The van der Waals surface area contributed by atoms with Crippen LogP contribution in [0.2, 0.25) is 0 Å². The molecular weight excluding hydrogens is 204 g/mol. The lowest BCUT2D eigenvalue weighted by Gasteiger charge is -2.06. The normalized spacial score (nSPS) is 11.2. The standard InChI is InChI=1S/C12H14N2O2/c1-7(2)11-6-10(14(15)16)5-9-4-8(3)13-12(9)11/h4-7,13H,1-3H3. The van der Waals surface area contributed by atoms with E-state index in [1.54, 1.807) is 12.1 Å². The number of aryl methyl sites for hydroxylation is 1. The van der Waals surface area contributed by atoms with E-state index >= 15 is 0 Å². The number of hydrogen-bond donors (Lipinski definition) is 1. The zero-order valence-electron chi connectivity index (χ0n) is 9.57. The van der Waals surface area contributed by atoms with Crippen LogP contribution in [-0.4, -0.2) is 9.91 Å². The maximum absolute atomic E-state index is 10.8. The van der Waals surface area contributed by atoms with E-state index in [1.807, 2.05) is 26.8 Å². The van der Waals surface area contributed by atoms with E-state index in [0.29, 0.717) is 0 Å². The molecule has 4 nitrogen and oxygen atoms in total. The van der Waals surface area contributed by atoms with Crippen molar-refractivity contribution in [3.05, 3.63) is 39.6 Å². The van der Waals surface area contributed by atoms with Gasteiger partial charge in [0.2, 0.25) is 0 Å². The summed E-state index contributed by atoms with van der Waals surface area (Å²) in [5.41, 5.74) is 3.20. The van der Waals surface area contributed by atoms with Crippen LogP contribution < -0.4 is 0 Å². The Morgan fingerprint density at radius 2 is 2.00 bits per heavy atom. The molecule has 16 heavy (non-hydrogen) atoms. The smallest absolute Gasteiger partial charge is 0.270 e. The molecule has 0 amide bonds. The number of non-ortho nitro benzene ring substituents is 1. The number of rotatable bonds is 2. The summed E-state index contributed by atoms with van der Waals surface area (Å²) in [7, 11) is 0. The van der Waals surface area contributed by atoms with Gasteiger partial charge < -0.3 is 4.98 Å². The fourth-order valence-corrected chi connectivity index (χ4v) is 1.96. The number of H-pyrrole nitrogens is 1. The largest absolute Gasteiger partial charge is 0.358 e. The van der Waals surface area contributed by atoms with Crippen LogP contribution in [-0.2, 0) is 0 Å². The Hall–Kier alpha value is -1.84. The molecule has 0 bridgehead atoms. The van der Waals surface area contributed by atoms with Crippen molar-refractivity contribution in [1.29, 1.82) is 0 Å². The Balaban J connectivity index is 2.78. The topological polar surface area (TPSA) is 58.9 Å². The fourth-order valence-electron chi connectivity index (χ4n) is 1.96. The molecule has 4 heteroatoms. The fraction of sp³-hybridized carbons (Fsp3) is 0.333. The molecule has 0 aliphatic heterocycles. The minimum atomic E-state index is -0.340. The Morgan fingerprint density at radius 3 is 2.56 bits per heavy atom. The molecule has 0 aliphatic carbocycles. The second-order valence-corrected chi connectivity index (χ2v) is 4.36. The number of aromatic nitrogens is 1. The van der Waals surface area contributed by atoms with Gasteiger partial charge in [-0.3, -0.25) is 10.1 Å². The third kappa shape index (κ3) is 1.66. The number of nitrogens with one attached hydrogen (secondary N) is 1. The van der Waals surface area contributed by atoms with Crippen LogP contribution in [0.3, 0.4) is 0 Å². The molecule has 0 atom stereocenters. The van der Waals surface area contributed by atoms with Crippen molar-refractivity contribution in [2.75, 3.05) is 0 Å². The van der Waals surface area contributed by atoms with Gasteiger partial charge in [0, 0.05) is 28.7 Å². The second kappa shape index (κ2) is 3.63. The Labute approximate surface area is 93.4 Å². The molecule has 0 fully saturated rings. The molecule has 2 rings (SSSR count). The first-order valence-electron chi connectivity index (χ1n) is 5.26. The van der Waals surface area contributed by atoms with Crippen molar-refractivity contribution >= 4 is 16.6 Å². The van der Waals surface area contributed by atoms with Crippen LogP contribution in [0.25, 0.3) is 10.9 Å². The number of nitrogens with zero attached hydrogens (tertiary/aromatic N) is 1. The number of aromatic amines is 1. The summed E-state index contributed by atoms with van der Waals surface area (Å²) in [6, 6.07) is 5.21. The van der Waals surface area contributed by atoms with Crippen molar-refractivity contribution < 1.29 is 4.92 Å². The third-order valence-corrected chi connectivity index (χ3v) is 2.71. The zero-order valence-corrected chi connectivity index (χ0v) is 9.57. The first kappa shape index (κ1) is 10.7. The maximum atomic E-state index is 10.8. The van der Waals surface area contributed by atoms with Crippen molar-refractivity contribution in [2.45, 2.75) is 26.7 Å². The Bertz CT molecular complexity index is 555. The molecule has 84 valence electrons. The van der Waals surface area contributed by atoms with Gasteiger partial charge in [-0.25, -0.2) is 0 Å². The van der Waals surface area contributed by atoms with Crippen LogP contribution >= 0.6 is 0 Å². The zero-order chi connectivity index (χ0) is 11.9. The van der Waals surface area contributed by atoms with Gasteiger partial charge in [-0.1, -0.05) is 13.8 Å². The molecule has 1 heterocycles. The van der Waals surface area contributed by atoms with E-state index < -0.39 is 0 Å². The predicted molar refractivity (Wildman–Crippen MR) is 63.8 cm³/mol. The minimum Gasteiger partial charge on any atom is -0.358 e. The summed E-state index contributed by atoms with van der Waals surface area (Å²) < 4.78 is 0. The summed E-state index contributed by atoms with van der Waals surface area (Å²) in [6.07, 6.45) is 0. The lowest BCUT2D eigenvalue weighted by Crippen LogP contribution is -1.94. The molecule has 0 unspecified atom stereocenters. The van der Waals surface area contributed by atoms with E-state index in [-0.39, 0.29) is 16.5 Å². The molecule has 1 aromatic carbocycles. The Morgan fingerprint density at radius 1 is 1.31 bits per heavy atom. The maximum Gasteiger partial charge on any atom is 0.270 e. The average Bonchev–Trinajstić information content (AvgIpc) is 2.55. The molecule has 1 aromatic heterocycles. The predicted octanol–water partition coefficient (Wildman–Crippen LogP) is 3.51. The van der Waals surface area contributed by atoms with E-state index in [2.05, 4.69) is 4.98 Å². The molecule has 0 saturated carbocycles. The minimum absolute atomic E-state index is 0.162. The van der Waals surface area contributed by atoms with Crippen molar-refractivity contribution in [3.8, 4) is 0 Å². The van der Waals surface area contributed by atoms with Crippen LogP contribution in [0.1, 0.15) is 31.0 Å². The van der Waals surface area contributed by atoms with Crippen LogP contribution in [0, 0.1) is 17.0 Å². The van der Waals surface area contributed by atoms with Gasteiger partial charge in [-0.15, -0.1) is 0 Å². The molecule has 1 N–H and O–H groups in total. The van der Waals surface area contributed by atoms with E-state index in [9.17, 15) is 10.1 Å². The lowest BCUT2D eigenvalue weighted by atomic mass is 10.00. The van der Waals surface area contributed by atoms with Gasteiger partial charge in [-0.05, 0) is 24.5 Å². The highest BCUT2D eigenvalue weighted by Gasteiger charge is 2.14. The SMILES string of the molecule is Cc1cc2cc([N+](=O)[O-])cc(C(C)C)c2[nH]1. The monoisotopic (exact) mass is 218 g/mol.